The summed E-state index contributed by atoms with van der Waals surface area (Å²) in [5.41, 5.74) is 0.415. The number of pyridine rings is 2. The minimum absolute atomic E-state index is 0.0920. The van der Waals surface area contributed by atoms with Crippen molar-refractivity contribution in [3.63, 3.8) is 0 Å². The predicted octanol–water partition coefficient (Wildman–Crippen LogP) is 1.38. The number of rotatable bonds is 4. The van der Waals surface area contributed by atoms with Gasteiger partial charge in [0.05, 0.1) is 18.7 Å². The van der Waals surface area contributed by atoms with Gasteiger partial charge in [-0.25, -0.2) is 14.8 Å². The first-order valence-corrected chi connectivity index (χ1v) is 9.48. The van der Waals surface area contributed by atoms with E-state index in [1.54, 1.807) is 32.5 Å². The van der Waals surface area contributed by atoms with E-state index in [4.69, 9.17) is 9.47 Å². The average molecular weight is 397 g/mol. The number of aromatic nitrogens is 4. The van der Waals surface area contributed by atoms with Crippen molar-refractivity contribution in [3.8, 4) is 11.6 Å². The van der Waals surface area contributed by atoms with Crippen LogP contribution in [0.5, 0.6) is 11.6 Å². The van der Waals surface area contributed by atoms with Gasteiger partial charge in [-0.2, -0.15) is 0 Å². The first kappa shape index (κ1) is 19.0. The van der Waals surface area contributed by atoms with Crippen LogP contribution in [0.4, 0.5) is 5.82 Å². The second-order valence-electron chi connectivity index (χ2n) is 7.16. The third kappa shape index (κ3) is 3.67. The highest BCUT2D eigenvalue weighted by Crippen LogP contribution is 2.26. The van der Waals surface area contributed by atoms with Crippen molar-refractivity contribution >= 4 is 16.9 Å². The maximum Gasteiger partial charge on any atom is 0.329 e. The molecule has 0 amide bonds. The van der Waals surface area contributed by atoms with Crippen LogP contribution in [-0.4, -0.2) is 45.8 Å². The molecule has 0 saturated carbocycles. The normalized spacial score (nSPS) is 14.9. The van der Waals surface area contributed by atoms with Crippen molar-refractivity contribution in [3.05, 3.63) is 50.8 Å². The molecule has 0 spiro atoms. The van der Waals surface area contributed by atoms with Crippen LogP contribution in [0.3, 0.4) is 0 Å². The molecule has 1 aliphatic rings. The van der Waals surface area contributed by atoms with Crippen LogP contribution in [0, 0.1) is 6.92 Å². The number of H-pyrrole nitrogens is 1. The first-order chi connectivity index (χ1) is 14.0. The van der Waals surface area contributed by atoms with Crippen LogP contribution in [0.2, 0.25) is 0 Å². The van der Waals surface area contributed by atoms with E-state index in [9.17, 15) is 9.59 Å². The maximum absolute atomic E-state index is 12.1. The molecule has 29 heavy (non-hydrogen) atoms. The number of fused-ring (bicyclic) bond motifs is 1. The summed E-state index contributed by atoms with van der Waals surface area (Å²) in [6, 6.07) is 5.42. The Balaban J connectivity index is 1.51. The number of nitrogens with one attached hydrogen (secondary N) is 1. The minimum atomic E-state index is -0.468. The van der Waals surface area contributed by atoms with Crippen LogP contribution in [-0.2, 0) is 7.05 Å². The highest BCUT2D eigenvalue weighted by Gasteiger charge is 2.23. The van der Waals surface area contributed by atoms with Gasteiger partial charge in [-0.1, -0.05) is 0 Å². The van der Waals surface area contributed by atoms with Crippen LogP contribution in [0.1, 0.15) is 18.4 Å². The van der Waals surface area contributed by atoms with Gasteiger partial charge in [0.1, 0.15) is 17.7 Å². The molecule has 3 aromatic rings. The number of ether oxygens (including phenoxy) is 2. The number of nitrogens with zero attached hydrogens (tertiary/aromatic N) is 4. The van der Waals surface area contributed by atoms with Gasteiger partial charge in [0.2, 0.25) is 5.88 Å². The van der Waals surface area contributed by atoms with Gasteiger partial charge in [0, 0.05) is 39.0 Å². The van der Waals surface area contributed by atoms with Crippen molar-refractivity contribution in [2.45, 2.75) is 25.9 Å². The molecular weight excluding hydrogens is 374 g/mol. The molecule has 152 valence electrons. The molecule has 9 heteroatoms. The molecule has 0 bridgehead atoms. The molecule has 1 N–H and O–H groups in total. The zero-order valence-electron chi connectivity index (χ0n) is 16.6. The number of aryl methyl sites for hydroxylation is 2. The Morgan fingerprint density at radius 2 is 1.97 bits per heavy atom. The zero-order chi connectivity index (χ0) is 20.5. The van der Waals surface area contributed by atoms with Crippen LogP contribution in [0.25, 0.3) is 11.0 Å². The predicted molar refractivity (Wildman–Crippen MR) is 109 cm³/mol. The fourth-order valence-electron chi connectivity index (χ4n) is 3.62. The SMILES string of the molecule is COc1ccc(OC2CCN(c3nc4c(cc3C)c(=O)[nH]c(=O)n4C)CC2)cn1. The fourth-order valence-corrected chi connectivity index (χ4v) is 3.62. The Kier molecular flexibility index (Phi) is 4.96. The van der Waals surface area contributed by atoms with E-state index < -0.39 is 11.2 Å². The van der Waals surface area contributed by atoms with Gasteiger partial charge in [0.25, 0.3) is 5.56 Å². The molecule has 3 aromatic heterocycles. The molecule has 9 nitrogen and oxygen atoms in total. The molecule has 1 aliphatic heterocycles. The van der Waals surface area contributed by atoms with Crippen LogP contribution in [0.15, 0.2) is 34.0 Å². The van der Waals surface area contributed by atoms with Crippen molar-refractivity contribution in [1.82, 2.24) is 19.5 Å². The third-order valence-electron chi connectivity index (χ3n) is 5.22. The standard InChI is InChI=1S/C20H23N5O4/c1-12-10-15-18(24(2)20(27)23-19(15)26)22-17(12)25-8-6-13(7-9-25)29-14-4-5-16(28-3)21-11-14/h4-5,10-11,13H,6-9H2,1-3H3,(H,23,26,27). The largest absolute Gasteiger partial charge is 0.489 e. The van der Waals surface area contributed by atoms with Gasteiger partial charge in [-0.3, -0.25) is 14.3 Å². The Morgan fingerprint density at radius 1 is 1.21 bits per heavy atom. The summed E-state index contributed by atoms with van der Waals surface area (Å²) >= 11 is 0. The molecule has 4 rings (SSSR count). The van der Waals surface area contributed by atoms with E-state index >= 15 is 0 Å². The highest BCUT2D eigenvalue weighted by molar-refractivity contribution is 5.77. The first-order valence-electron chi connectivity index (χ1n) is 9.48. The second-order valence-corrected chi connectivity index (χ2v) is 7.16. The topological polar surface area (TPSA) is 102 Å². The van der Waals surface area contributed by atoms with E-state index in [-0.39, 0.29) is 6.10 Å². The molecule has 0 aromatic carbocycles. The van der Waals surface area contributed by atoms with Crippen molar-refractivity contribution in [1.29, 1.82) is 0 Å². The Hall–Kier alpha value is -3.36. The molecule has 1 fully saturated rings. The lowest BCUT2D eigenvalue weighted by molar-refractivity contribution is 0.170. The van der Waals surface area contributed by atoms with E-state index in [1.165, 1.54) is 4.57 Å². The van der Waals surface area contributed by atoms with Crippen molar-refractivity contribution in [2.24, 2.45) is 7.05 Å². The van der Waals surface area contributed by atoms with Crippen LogP contribution < -0.4 is 25.6 Å². The maximum atomic E-state index is 12.1. The number of hydrogen-bond donors (Lipinski definition) is 1. The van der Waals surface area contributed by atoms with E-state index in [0.29, 0.717) is 16.9 Å². The quantitative estimate of drug-likeness (QED) is 0.709. The van der Waals surface area contributed by atoms with E-state index in [2.05, 4.69) is 19.9 Å². The molecule has 0 aliphatic carbocycles. The summed E-state index contributed by atoms with van der Waals surface area (Å²) in [5.74, 6) is 2.07. The highest BCUT2D eigenvalue weighted by atomic mass is 16.5. The molecule has 0 atom stereocenters. The summed E-state index contributed by atoms with van der Waals surface area (Å²) in [4.78, 5) is 37.3. The Morgan fingerprint density at radius 3 is 2.62 bits per heavy atom. The van der Waals surface area contributed by atoms with Gasteiger partial charge in [0.15, 0.2) is 5.65 Å². The zero-order valence-corrected chi connectivity index (χ0v) is 16.6. The number of hydrogen-bond acceptors (Lipinski definition) is 7. The molecule has 4 heterocycles. The Bertz CT molecular complexity index is 1140. The molecule has 1 saturated heterocycles. The lowest BCUT2D eigenvalue weighted by Gasteiger charge is -2.33. The van der Waals surface area contributed by atoms with Gasteiger partial charge < -0.3 is 14.4 Å². The second kappa shape index (κ2) is 7.57. The summed E-state index contributed by atoms with van der Waals surface area (Å²) < 4.78 is 12.5. The minimum Gasteiger partial charge on any atom is -0.489 e. The number of piperidine rings is 1. The number of methoxy groups -OCH3 is 1. The molecule has 0 unspecified atom stereocenters. The lowest BCUT2D eigenvalue weighted by atomic mass is 10.1. The van der Waals surface area contributed by atoms with Crippen molar-refractivity contribution < 1.29 is 9.47 Å². The lowest BCUT2D eigenvalue weighted by Crippen LogP contribution is -2.39. The monoisotopic (exact) mass is 397 g/mol. The average Bonchev–Trinajstić information content (AvgIpc) is 2.73. The van der Waals surface area contributed by atoms with Gasteiger partial charge >= 0.3 is 5.69 Å². The smallest absolute Gasteiger partial charge is 0.329 e. The van der Waals surface area contributed by atoms with Crippen molar-refractivity contribution in [2.75, 3.05) is 25.1 Å². The number of anilines is 1. The molecule has 0 radical (unpaired) electrons. The van der Waals surface area contributed by atoms with Crippen LogP contribution >= 0.6 is 0 Å². The van der Waals surface area contributed by atoms with E-state index in [1.807, 2.05) is 13.0 Å². The summed E-state index contributed by atoms with van der Waals surface area (Å²) in [6.07, 6.45) is 3.42. The third-order valence-corrected chi connectivity index (χ3v) is 5.22. The Labute approximate surface area is 166 Å². The summed E-state index contributed by atoms with van der Waals surface area (Å²) in [5, 5.41) is 0.415. The number of aromatic amines is 1. The van der Waals surface area contributed by atoms with Gasteiger partial charge in [-0.05, 0) is 24.6 Å². The fraction of sp³-hybridized carbons (Fsp3) is 0.400. The summed E-state index contributed by atoms with van der Waals surface area (Å²) in [6.45, 7) is 3.47. The van der Waals surface area contributed by atoms with Gasteiger partial charge in [-0.15, -0.1) is 0 Å². The summed E-state index contributed by atoms with van der Waals surface area (Å²) in [7, 11) is 3.19. The molecular formula is C20H23N5O4. The van der Waals surface area contributed by atoms with E-state index in [0.717, 1.165) is 43.1 Å².